The SMILES string of the molecule is CN[S+]([O-])NC. The van der Waals surface area contributed by atoms with E-state index < -0.39 is 11.5 Å². The van der Waals surface area contributed by atoms with Gasteiger partial charge in [0.1, 0.15) is 11.5 Å². The molecule has 38 valence electrons. The molecule has 3 nitrogen and oxygen atoms in total. The van der Waals surface area contributed by atoms with Crippen LogP contribution < -0.4 is 9.44 Å². The molecule has 0 spiro atoms. The highest BCUT2D eigenvalue weighted by molar-refractivity contribution is 7.87. The first kappa shape index (κ1) is 6.23. The van der Waals surface area contributed by atoms with Gasteiger partial charge in [0.25, 0.3) is 0 Å². The van der Waals surface area contributed by atoms with E-state index in [9.17, 15) is 4.55 Å². The van der Waals surface area contributed by atoms with Crippen LogP contribution in [0, 0.1) is 0 Å². The molecule has 0 amide bonds. The zero-order valence-electron chi connectivity index (χ0n) is 3.82. The third-order valence-electron chi connectivity index (χ3n) is 0.371. The van der Waals surface area contributed by atoms with Gasteiger partial charge in [-0.05, 0) is 0 Å². The molecule has 0 saturated carbocycles. The van der Waals surface area contributed by atoms with Gasteiger partial charge in [0, 0.05) is 14.1 Å². The van der Waals surface area contributed by atoms with Crippen molar-refractivity contribution in [2.45, 2.75) is 0 Å². The number of nitrogens with one attached hydrogen (secondary N) is 2. The highest BCUT2D eigenvalue weighted by Crippen LogP contribution is 1.63. The Bertz CT molecular complexity index is 30.7. The molecule has 0 heterocycles. The third kappa shape index (κ3) is 2.47. The van der Waals surface area contributed by atoms with Crippen molar-refractivity contribution in [3.05, 3.63) is 0 Å². The highest BCUT2D eigenvalue weighted by atomic mass is 32.2. The lowest BCUT2D eigenvalue weighted by molar-refractivity contribution is 0.579. The zero-order valence-corrected chi connectivity index (χ0v) is 4.63. The first-order valence-electron chi connectivity index (χ1n) is 1.57. The summed E-state index contributed by atoms with van der Waals surface area (Å²) in [6.45, 7) is 0. The largest absolute Gasteiger partial charge is 0.579 e. The van der Waals surface area contributed by atoms with E-state index in [0.29, 0.717) is 0 Å². The van der Waals surface area contributed by atoms with E-state index in [-0.39, 0.29) is 0 Å². The van der Waals surface area contributed by atoms with E-state index in [2.05, 4.69) is 9.44 Å². The Morgan fingerprint density at radius 2 is 1.67 bits per heavy atom. The first-order chi connectivity index (χ1) is 2.81. The molecule has 0 rings (SSSR count). The van der Waals surface area contributed by atoms with E-state index in [1.54, 1.807) is 14.1 Å². The van der Waals surface area contributed by atoms with Crippen LogP contribution in [-0.4, -0.2) is 18.6 Å². The normalized spacial score (nSPS) is 10.0. The minimum atomic E-state index is -1.03. The molecule has 0 aromatic carbocycles. The van der Waals surface area contributed by atoms with Crippen LogP contribution in [0.25, 0.3) is 0 Å². The van der Waals surface area contributed by atoms with Gasteiger partial charge in [0.05, 0.1) is 0 Å². The highest BCUT2D eigenvalue weighted by Gasteiger charge is 1.89. The van der Waals surface area contributed by atoms with Crippen LogP contribution in [0.5, 0.6) is 0 Å². The van der Waals surface area contributed by atoms with E-state index >= 15 is 0 Å². The molecule has 0 saturated heterocycles. The maximum Gasteiger partial charge on any atom is 0.134 e. The van der Waals surface area contributed by atoms with Crippen molar-refractivity contribution in [3.63, 3.8) is 0 Å². The second kappa shape index (κ2) is 3.42. The molecule has 0 bridgehead atoms. The molecule has 0 aromatic rings. The van der Waals surface area contributed by atoms with Crippen LogP contribution in [0.1, 0.15) is 0 Å². The second-order valence-electron chi connectivity index (χ2n) is 0.677. The molecule has 0 aliphatic rings. The van der Waals surface area contributed by atoms with Crippen LogP contribution in [0.2, 0.25) is 0 Å². The summed E-state index contributed by atoms with van der Waals surface area (Å²) in [5.41, 5.74) is 0. The van der Waals surface area contributed by atoms with Crippen molar-refractivity contribution in [1.82, 2.24) is 9.44 Å². The van der Waals surface area contributed by atoms with E-state index in [1.165, 1.54) is 0 Å². The quantitative estimate of drug-likeness (QED) is 0.446. The van der Waals surface area contributed by atoms with Gasteiger partial charge in [0.2, 0.25) is 0 Å². The Morgan fingerprint density at radius 3 is 1.67 bits per heavy atom. The zero-order chi connectivity index (χ0) is 4.99. The predicted molar refractivity (Wildman–Crippen MR) is 26.3 cm³/mol. The summed E-state index contributed by atoms with van der Waals surface area (Å²) in [6.07, 6.45) is 0. The van der Waals surface area contributed by atoms with Crippen LogP contribution >= 0.6 is 0 Å². The van der Waals surface area contributed by atoms with Gasteiger partial charge in [-0.15, -0.1) is 9.44 Å². The van der Waals surface area contributed by atoms with Crippen LogP contribution in [-0.2, 0) is 11.5 Å². The molecule has 0 unspecified atom stereocenters. The third-order valence-corrected chi connectivity index (χ3v) is 1.11. The second-order valence-corrected chi connectivity index (χ2v) is 2.03. The summed E-state index contributed by atoms with van der Waals surface area (Å²) in [4.78, 5) is 0. The van der Waals surface area contributed by atoms with Crippen molar-refractivity contribution in [1.29, 1.82) is 0 Å². The molecule has 0 aliphatic carbocycles. The average Bonchev–Trinajstić information content (AvgIpc) is 1.65. The monoisotopic (exact) mass is 108 g/mol. The molecule has 0 fully saturated rings. The van der Waals surface area contributed by atoms with Crippen LogP contribution in [0.15, 0.2) is 0 Å². The van der Waals surface area contributed by atoms with Gasteiger partial charge in [-0.25, -0.2) is 0 Å². The molecule has 2 N–H and O–H groups in total. The fourth-order valence-corrected chi connectivity index (χ4v) is 0.306. The Balaban J connectivity index is 2.75. The number of rotatable bonds is 2. The average molecular weight is 108 g/mol. The van der Waals surface area contributed by atoms with Gasteiger partial charge in [-0.3, -0.25) is 0 Å². The van der Waals surface area contributed by atoms with E-state index in [0.717, 1.165) is 0 Å². The minimum absolute atomic E-state index is 1.03. The van der Waals surface area contributed by atoms with Crippen molar-refractivity contribution in [3.8, 4) is 0 Å². The van der Waals surface area contributed by atoms with Crippen molar-refractivity contribution in [2.24, 2.45) is 0 Å². The molecular formula is C2H8N2OS. The van der Waals surface area contributed by atoms with Crippen LogP contribution in [0.4, 0.5) is 0 Å². The summed E-state index contributed by atoms with van der Waals surface area (Å²) in [7, 11) is 3.24. The molecule has 4 heteroatoms. The Kier molecular flexibility index (Phi) is 3.55. The molecule has 0 radical (unpaired) electrons. The number of hydrogen-bond donors (Lipinski definition) is 2. The lowest BCUT2D eigenvalue weighted by Crippen LogP contribution is -2.30. The fraction of sp³-hybridized carbons (Fsp3) is 1.00. The van der Waals surface area contributed by atoms with Gasteiger partial charge in [0.15, 0.2) is 0 Å². The smallest absolute Gasteiger partial charge is 0.134 e. The van der Waals surface area contributed by atoms with E-state index in [4.69, 9.17) is 0 Å². The standard InChI is InChI=1S/C2H8N2OS/c1-3-6(5)4-2/h3-4H,1-2H3. The molecule has 0 aromatic heterocycles. The van der Waals surface area contributed by atoms with E-state index in [1.807, 2.05) is 0 Å². The lowest BCUT2D eigenvalue weighted by Gasteiger charge is -2.00. The van der Waals surface area contributed by atoms with Gasteiger partial charge in [-0.1, -0.05) is 0 Å². The summed E-state index contributed by atoms with van der Waals surface area (Å²) in [5, 5.41) is 0. The summed E-state index contributed by atoms with van der Waals surface area (Å²) in [6, 6.07) is 0. The first-order valence-corrected chi connectivity index (χ1v) is 2.72. The maximum atomic E-state index is 10.1. The van der Waals surface area contributed by atoms with Gasteiger partial charge in [-0.2, -0.15) is 0 Å². The maximum absolute atomic E-state index is 10.1. The Hall–Kier alpha value is 0.230. The Morgan fingerprint density at radius 1 is 1.33 bits per heavy atom. The molecule has 0 atom stereocenters. The van der Waals surface area contributed by atoms with Gasteiger partial charge < -0.3 is 4.55 Å². The Labute approximate surface area is 40.6 Å². The lowest BCUT2D eigenvalue weighted by atomic mass is 11.6. The topological polar surface area (TPSA) is 47.1 Å². The molecule has 6 heavy (non-hydrogen) atoms. The fourth-order valence-electron chi connectivity index (χ4n) is 0.102. The number of hydrogen-bond acceptors (Lipinski definition) is 3. The molecule has 0 aliphatic heterocycles. The summed E-state index contributed by atoms with van der Waals surface area (Å²) in [5.74, 6) is 0. The van der Waals surface area contributed by atoms with Crippen molar-refractivity contribution in [2.75, 3.05) is 14.1 Å². The minimum Gasteiger partial charge on any atom is -0.579 e. The predicted octanol–water partition coefficient (Wildman–Crippen LogP) is -0.996. The van der Waals surface area contributed by atoms with Crippen molar-refractivity contribution < 1.29 is 4.55 Å². The summed E-state index contributed by atoms with van der Waals surface area (Å²) < 4.78 is 15.0. The van der Waals surface area contributed by atoms with Gasteiger partial charge >= 0.3 is 0 Å². The summed E-state index contributed by atoms with van der Waals surface area (Å²) >= 11 is -1.03. The molecular weight excluding hydrogens is 100 g/mol. The van der Waals surface area contributed by atoms with Crippen LogP contribution in [0.3, 0.4) is 0 Å². The van der Waals surface area contributed by atoms with Crippen molar-refractivity contribution >= 4 is 11.5 Å².